The minimum Gasteiger partial charge on any atom is -0.514 e. The summed E-state index contributed by atoms with van der Waals surface area (Å²) in [4.78, 5) is 10.6. The molecule has 0 spiro atoms. The van der Waals surface area contributed by atoms with Crippen molar-refractivity contribution in [3.8, 4) is 0 Å². The first-order valence-electron chi connectivity index (χ1n) is 4.07. The molecule has 2 N–H and O–H groups in total. The number of benzene rings is 1. The van der Waals surface area contributed by atoms with Crippen LogP contribution in [-0.4, -0.2) is 19.4 Å². The van der Waals surface area contributed by atoms with Crippen LogP contribution in [0.5, 0.6) is 0 Å². The standard InChI is InChI=1S/C9H7NO4S/c11-5-8-9(12)10-6-3-1-2-4-7(6)15(8,13)14/h1-5,11H,(H,10,12)/b8-5+. The maximum Gasteiger partial charge on any atom is 0.270 e. The number of anilines is 1. The van der Waals surface area contributed by atoms with Gasteiger partial charge in [0.1, 0.15) is 6.26 Å². The van der Waals surface area contributed by atoms with Crippen LogP contribution < -0.4 is 5.32 Å². The van der Waals surface area contributed by atoms with Gasteiger partial charge < -0.3 is 10.4 Å². The number of amides is 1. The molecule has 1 aromatic carbocycles. The van der Waals surface area contributed by atoms with E-state index in [1.165, 1.54) is 12.1 Å². The molecule has 0 bridgehead atoms. The Balaban J connectivity index is 2.78. The molecule has 1 amide bonds. The van der Waals surface area contributed by atoms with Gasteiger partial charge in [-0.05, 0) is 12.1 Å². The second kappa shape index (κ2) is 3.09. The molecule has 78 valence electrons. The molecule has 0 unspecified atom stereocenters. The Morgan fingerprint density at radius 1 is 1.27 bits per heavy atom. The summed E-state index contributed by atoms with van der Waals surface area (Å²) in [5, 5.41) is 11.1. The molecular weight excluding hydrogens is 218 g/mol. The molecule has 2 rings (SSSR count). The molecule has 6 heteroatoms. The quantitative estimate of drug-likeness (QED) is 0.505. The monoisotopic (exact) mass is 225 g/mol. The topological polar surface area (TPSA) is 83.5 Å². The van der Waals surface area contributed by atoms with E-state index in [1.807, 2.05) is 0 Å². The number of fused-ring (bicyclic) bond motifs is 1. The van der Waals surface area contributed by atoms with E-state index in [-0.39, 0.29) is 10.6 Å². The molecule has 0 fully saturated rings. The minimum absolute atomic E-state index is 0.00935. The van der Waals surface area contributed by atoms with Crippen LogP contribution in [0.15, 0.2) is 40.3 Å². The van der Waals surface area contributed by atoms with Crippen LogP contribution in [0.4, 0.5) is 5.69 Å². The van der Waals surface area contributed by atoms with Gasteiger partial charge in [-0.2, -0.15) is 0 Å². The zero-order valence-electron chi connectivity index (χ0n) is 7.47. The fourth-order valence-electron chi connectivity index (χ4n) is 1.36. The van der Waals surface area contributed by atoms with Gasteiger partial charge in [0.15, 0.2) is 4.91 Å². The van der Waals surface area contributed by atoms with E-state index in [1.54, 1.807) is 12.1 Å². The van der Waals surface area contributed by atoms with Crippen LogP contribution in [0.1, 0.15) is 0 Å². The molecule has 1 aliphatic heterocycles. The van der Waals surface area contributed by atoms with Gasteiger partial charge in [0, 0.05) is 0 Å². The van der Waals surface area contributed by atoms with Crippen molar-refractivity contribution in [1.29, 1.82) is 0 Å². The van der Waals surface area contributed by atoms with Crippen molar-refractivity contribution in [2.45, 2.75) is 4.90 Å². The van der Waals surface area contributed by atoms with E-state index in [2.05, 4.69) is 5.32 Å². The van der Waals surface area contributed by atoms with E-state index in [0.717, 1.165) is 0 Å². The number of aliphatic hydroxyl groups is 1. The van der Waals surface area contributed by atoms with Crippen molar-refractivity contribution in [2.75, 3.05) is 5.32 Å². The molecule has 0 saturated heterocycles. The minimum atomic E-state index is -3.88. The maximum atomic E-state index is 11.8. The summed E-state index contributed by atoms with van der Waals surface area (Å²) in [5.41, 5.74) is 0.230. The van der Waals surface area contributed by atoms with Gasteiger partial charge in [0.25, 0.3) is 5.91 Å². The van der Waals surface area contributed by atoms with Crippen molar-refractivity contribution in [3.05, 3.63) is 35.4 Å². The second-order valence-corrected chi connectivity index (χ2v) is 4.83. The molecule has 5 nitrogen and oxygen atoms in total. The zero-order chi connectivity index (χ0) is 11.1. The van der Waals surface area contributed by atoms with Gasteiger partial charge >= 0.3 is 0 Å². The number of carbonyl (C=O) groups is 1. The van der Waals surface area contributed by atoms with Gasteiger partial charge in [-0.15, -0.1) is 0 Å². The van der Waals surface area contributed by atoms with E-state index >= 15 is 0 Å². The largest absolute Gasteiger partial charge is 0.514 e. The summed E-state index contributed by atoms with van der Waals surface area (Å²) in [7, 11) is -3.88. The number of hydrogen-bond acceptors (Lipinski definition) is 4. The van der Waals surface area contributed by atoms with Crippen molar-refractivity contribution in [3.63, 3.8) is 0 Å². The lowest BCUT2D eigenvalue weighted by Crippen LogP contribution is -2.27. The highest BCUT2D eigenvalue weighted by atomic mass is 32.2. The number of rotatable bonds is 0. The Labute approximate surface area is 86.0 Å². The van der Waals surface area contributed by atoms with Crippen LogP contribution in [-0.2, 0) is 14.6 Å². The Bertz CT molecular complexity index is 559. The fraction of sp³-hybridized carbons (Fsp3) is 0. The lowest BCUT2D eigenvalue weighted by Gasteiger charge is -2.17. The number of nitrogens with one attached hydrogen (secondary N) is 1. The van der Waals surface area contributed by atoms with Gasteiger partial charge in [0.2, 0.25) is 9.84 Å². The third-order valence-electron chi connectivity index (χ3n) is 2.06. The Morgan fingerprint density at radius 3 is 2.60 bits per heavy atom. The van der Waals surface area contributed by atoms with Crippen LogP contribution in [0.2, 0.25) is 0 Å². The second-order valence-electron chi connectivity index (χ2n) is 2.95. The smallest absolute Gasteiger partial charge is 0.270 e. The van der Waals surface area contributed by atoms with E-state index < -0.39 is 20.6 Å². The van der Waals surface area contributed by atoms with Crippen LogP contribution in [0, 0.1) is 0 Å². The summed E-state index contributed by atoms with van der Waals surface area (Å²) in [6, 6.07) is 6.01. The molecule has 0 radical (unpaired) electrons. The first kappa shape index (κ1) is 9.72. The zero-order valence-corrected chi connectivity index (χ0v) is 8.28. The summed E-state index contributed by atoms with van der Waals surface area (Å²) in [5.74, 6) is -0.823. The first-order chi connectivity index (χ1) is 7.07. The molecule has 0 aliphatic carbocycles. The van der Waals surface area contributed by atoms with Crippen molar-refractivity contribution in [2.24, 2.45) is 0 Å². The molecule has 15 heavy (non-hydrogen) atoms. The molecule has 0 atom stereocenters. The molecule has 0 saturated carbocycles. The van der Waals surface area contributed by atoms with E-state index in [4.69, 9.17) is 5.11 Å². The molecule has 0 aromatic heterocycles. The molecule has 1 aliphatic rings. The Hall–Kier alpha value is -1.82. The summed E-state index contributed by atoms with van der Waals surface area (Å²) in [6.45, 7) is 0. The lowest BCUT2D eigenvalue weighted by atomic mass is 10.3. The van der Waals surface area contributed by atoms with E-state index in [9.17, 15) is 13.2 Å². The highest BCUT2D eigenvalue weighted by Gasteiger charge is 2.34. The average molecular weight is 225 g/mol. The number of para-hydroxylation sites is 1. The number of sulfone groups is 1. The van der Waals surface area contributed by atoms with Crippen molar-refractivity contribution < 1.29 is 18.3 Å². The van der Waals surface area contributed by atoms with Gasteiger partial charge in [-0.1, -0.05) is 12.1 Å². The van der Waals surface area contributed by atoms with Crippen LogP contribution in [0.25, 0.3) is 0 Å². The predicted octanol–water partition coefficient (Wildman–Crippen LogP) is 0.812. The van der Waals surface area contributed by atoms with Gasteiger partial charge in [-0.25, -0.2) is 8.42 Å². The summed E-state index contributed by atoms with van der Waals surface area (Å²) < 4.78 is 23.5. The van der Waals surface area contributed by atoms with Crippen LogP contribution >= 0.6 is 0 Å². The highest BCUT2D eigenvalue weighted by molar-refractivity contribution is 7.96. The lowest BCUT2D eigenvalue weighted by molar-refractivity contribution is -0.112. The Kier molecular flexibility index (Phi) is 2.01. The summed E-state index contributed by atoms with van der Waals surface area (Å²) in [6.07, 6.45) is 0.306. The average Bonchev–Trinajstić information content (AvgIpc) is 2.17. The molecular formula is C9H7NO4S. The fourth-order valence-corrected chi connectivity index (χ4v) is 2.69. The molecule has 1 heterocycles. The predicted molar refractivity (Wildman–Crippen MR) is 53.0 cm³/mol. The van der Waals surface area contributed by atoms with Crippen LogP contribution in [0.3, 0.4) is 0 Å². The van der Waals surface area contributed by atoms with Crippen molar-refractivity contribution >= 4 is 21.4 Å². The van der Waals surface area contributed by atoms with Crippen molar-refractivity contribution in [1.82, 2.24) is 0 Å². The van der Waals surface area contributed by atoms with E-state index in [0.29, 0.717) is 6.26 Å². The molecule has 1 aromatic rings. The maximum absolute atomic E-state index is 11.8. The Morgan fingerprint density at radius 2 is 1.93 bits per heavy atom. The number of aliphatic hydroxyl groups excluding tert-OH is 1. The third kappa shape index (κ3) is 1.30. The normalized spacial score (nSPS) is 20.8. The first-order valence-corrected chi connectivity index (χ1v) is 5.55. The third-order valence-corrected chi connectivity index (χ3v) is 3.86. The number of carbonyl (C=O) groups excluding carboxylic acids is 1. The van der Waals surface area contributed by atoms with Gasteiger partial charge in [-0.3, -0.25) is 4.79 Å². The van der Waals surface area contributed by atoms with Gasteiger partial charge in [0.05, 0.1) is 10.6 Å². The number of hydrogen-bond donors (Lipinski definition) is 2. The SMILES string of the molecule is O=C1Nc2ccccc2S(=O)(=O)/C1=C/O. The highest BCUT2D eigenvalue weighted by Crippen LogP contribution is 2.31. The summed E-state index contributed by atoms with van der Waals surface area (Å²) >= 11 is 0.